The predicted molar refractivity (Wildman–Crippen MR) is 74.0 cm³/mol. The molecule has 1 saturated heterocycles. The highest BCUT2D eigenvalue weighted by molar-refractivity contribution is 7.11. The van der Waals surface area contributed by atoms with E-state index in [9.17, 15) is 9.59 Å². The van der Waals surface area contributed by atoms with Crippen molar-refractivity contribution in [2.75, 3.05) is 26.3 Å². The van der Waals surface area contributed by atoms with E-state index in [2.05, 4.69) is 4.98 Å². The summed E-state index contributed by atoms with van der Waals surface area (Å²) < 4.78 is 10.4. The second-order valence-electron chi connectivity index (χ2n) is 4.54. The summed E-state index contributed by atoms with van der Waals surface area (Å²) in [5, 5.41) is 1.82. The van der Waals surface area contributed by atoms with Crippen molar-refractivity contribution in [3.05, 3.63) is 16.1 Å². The van der Waals surface area contributed by atoms with Gasteiger partial charge in [-0.25, -0.2) is 9.78 Å². The van der Waals surface area contributed by atoms with Crippen LogP contribution in [0, 0.1) is 0 Å². The molecule has 7 heteroatoms. The molecular weight excluding hydrogens is 280 g/mol. The molecule has 2 heterocycles. The fraction of sp³-hybridized carbons (Fsp3) is 0.615. The highest BCUT2D eigenvalue weighted by Gasteiger charge is 2.24. The first-order valence-electron chi connectivity index (χ1n) is 6.65. The number of aromatic nitrogens is 1. The Balaban J connectivity index is 2.06. The van der Waals surface area contributed by atoms with E-state index >= 15 is 0 Å². The Bertz CT molecular complexity index is 488. The summed E-state index contributed by atoms with van der Waals surface area (Å²) in [6.07, 6.45) is 0.829. The molecule has 0 saturated carbocycles. The maximum Gasteiger partial charge on any atom is 0.367 e. The van der Waals surface area contributed by atoms with E-state index in [1.807, 2.05) is 6.92 Å². The monoisotopic (exact) mass is 298 g/mol. The number of thiazole rings is 1. The molecule has 1 aromatic heterocycles. The molecule has 0 radical (unpaired) electrons. The number of hydrogen-bond acceptors (Lipinski definition) is 6. The lowest BCUT2D eigenvalue weighted by molar-refractivity contribution is 0.0524. The lowest BCUT2D eigenvalue weighted by atomic mass is 10.3. The van der Waals surface area contributed by atoms with E-state index in [0.717, 1.165) is 17.8 Å². The van der Waals surface area contributed by atoms with Gasteiger partial charge in [0.1, 0.15) is 5.69 Å². The van der Waals surface area contributed by atoms with Crippen LogP contribution in [0.15, 0.2) is 5.38 Å². The van der Waals surface area contributed by atoms with Crippen LogP contribution in [0.1, 0.15) is 40.6 Å². The van der Waals surface area contributed by atoms with Crippen LogP contribution in [0.2, 0.25) is 0 Å². The molecule has 20 heavy (non-hydrogen) atoms. The molecule has 1 aliphatic rings. The first kappa shape index (κ1) is 14.9. The Morgan fingerprint density at radius 1 is 1.60 bits per heavy atom. The van der Waals surface area contributed by atoms with Crippen LogP contribution in [-0.2, 0) is 9.47 Å². The minimum absolute atomic E-state index is 0.0182. The molecule has 1 aliphatic heterocycles. The van der Waals surface area contributed by atoms with E-state index in [4.69, 9.17) is 9.47 Å². The summed E-state index contributed by atoms with van der Waals surface area (Å²) >= 11 is 1.13. The fourth-order valence-electron chi connectivity index (χ4n) is 2.00. The van der Waals surface area contributed by atoms with Gasteiger partial charge in [-0.1, -0.05) is 0 Å². The van der Waals surface area contributed by atoms with Crippen LogP contribution in [-0.4, -0.2) is 54.2 Å². The Kier molecular flexibility index (Phi) is 5.08. The molecule has 6 nitrogen and oxygen atoms in total. The average Bonchev–Trinajstić information content (AvgIpc) is 2.82. The van der Waals surface area contributed by atoms with Gasteiger partial charge in [0.25, 0.3) is 5.91 Å². The van der Waals surface area contributed by atoms with Crippen LogP contribution < -0.4 is 0 Å². The fourth-order valence-corrected chi connectivity index (χ4v) is 2.68. The second kappa shape index (κ2) is 6.81. The Hall–Kier alpha value is -1.47. The van der Waals surface area contributed by atoms with E-state index in [1.165, 1.54) is 0 Å². The van der Waals surface area contributed by atoms with Crippen molar-refractivity contribution in [2.45, 2.75) is 26.4 Å². The lowest BCUT2D eigenvalue weighted by Crippen LogP contribution is -2.36. The summed E-state index contributed by atoms with van der Waals surface area (Å²) in [5.41, 5.74) is 0.298. The molecule has 0 aliphatic carbocycles. The van der Waals surface area contributed by atoms with Crippen molar-refractivity contribution in [1.82, 2.24) is 9.88 Å². The molecule has 0 spiro atoms. The number of hydrogen-bond donors (Lipinski definition) is 0. The largest absolute Gasteiger partial charge is 0.461 e. The maximum absolute atomic E-state index is 12.4. The summed E-state index contributed by atoms with van der Waals surface area (Å²) in [6, 6.07) is 0. The highest BCUT2D eigenvalue weighted by Crippen LogP contribution is 2.15. The number of nitrogens with zero attached hydrogens (tertiary/aromatic N) is 2. The molecule has 1 aromatic rings. The zero-order valence-electron chi connectivity index (χ0n) is 11.6. The summed E-state index contributed by atoms with van der Waals surface area (Å²) in [4.78, 5) is 29.7. The first-order chi connectivity index (χ1) is 9.61. The second-order valence-corrected chi connectivity index (χ2v) is 5.40. The van der Waals surface area contributed by atoms with Gasteiger partial charge in [0.15, 0.2) is 0 Å². The third kappa shape index (κ3) is 3.55. The smallest absolute Gasteiger partial charge is 0.367 e. The molecule has 1 atom stereocenters. The molecule has 110 valence electrons. The van der Waals surface area contributed by atoms with Gasteiger partial charge in [-0.3, -0.25) is 4.79 Å². The Labute approximate surface area is 121 Å². The average molecular weight is 298 g/mol. The zero-order valence-corrected chi connectivity index (χ0v) is 12.4. The molecule has 1 amide bonds. The van der Waals surface area contributed by atoms with Crippen molar-refractivity contribution in [3.8, 4) is 0 Å². The van der Waals surface area contributed by atoms with Crippen molar-refractivity contribution >= 4 is 23.2 Å². The van der Waals surface area contributed by atoms with Crippen molar-refractivity contribution in [1.29, 1.82) is 0 Å². The lowest BCUT2D eigenvalue weighted by Gasteiger charge is -2.20. The third-order valence-electron chi connectivity index (χ3n) is 2.91. The number of carbonyl (C=O) groups is 2. The minimum Gasteiger partial charge on any atom is -0.461 e. The molecule has 0 bridgehead atoms. The topological polar surface area (TPSA) is 68.7 Å². The summed E-state index contributed by atoms with van der Waals surface area (Å²) in [7, 11) is 0. The van der Waals surface area contributed by atoms with Gasteiger partial charge in [0.05, 0.1) is 12.7 Å². The summed E-state index contributed by atoms with van der Waals surface area (Å²) in [6.45, 7) is 5.83. The van der Waals surface area contributed by atoms with Crippen LogP contribution in [0.25, 0.3) is 0 Å². The zero-order chi connectivity index (χ0) is 14.5. The van der Waals surface area contributed by atoms with Gasteiger partial charge in [0.2, 0.25) is 5.01 Å². The number of carbonyl (C=O) groups excluding carboxylic acids is 2. The number of rotatable bonds is 3. The van der Waals surface area contributed by atoms with Crippen LogP contribution in [0.3, 0.4) is 0 Å². The first-order valence-corrected chi connectivity index (χ1v) is 7.53. The van der Waals surface area contributed by atoms with Gasteiger partial charge < -0.3 is 14.4 Å². The third-order valence-corrected chi connectivity index (χ3v) is 3.74. The molecule has 2 rings (SSSR count). The standard InChI is InChI=1S/C13H18N2O4S/c1-3-18-13(17)11-14-10(8-20-11)12(16)15-5-4-6-19-9(2)7-15/h8-9H,3-7H2,1-2H3. The van der Waals surface area contributed by atoms with Crippen molar-refractivity contribution in [2.24, 2.45) is 0 Å². The maximum atomic E-state index is 12.4. The highest BCUT2D eigenvalue weighted by atomic mass is 32.1. The SMILES string of the molecule is CCOC(=O)c1nc(C(=O)N2CCCOC(C)C2)cs1. The number of amides is 1. The van der Waals surface area contributed by atoms with Crippen LogP contribution in [0.4, 0.5) is 0 Å². The van der Waals surface area contributed by atoms with Crippen molar-refractivity contribution in [3.63, 3.8) is 0 Å². The van der Waals surface area contributed by atoms with Gasteiger partial charge in [-0.15, -0.1) is 11.3 Å². The van der Waals surface area contributed by atoms with E-state index in [0.29, 0.717) is 32.0 Å². The van der Waals surface area contributed by atoms with Gasteiger partial charge in [-0.05, 0) is 20.3 Å². The summed E-state index contributed by atoms with van der Waals surface area (Å²) in [5.74, 6) is -0.640. The molecular formula is C13H18N2O4S. The van der Waals surface area contributed by atoms with Gasteiger partial charge in [-0.2, -0.15) is 0 Å². The molecule has 0 N–H and O–H groups in total. The van der Waals surface area contributed by atoms with Gasteiger partial charge >= 0.3 is 5.97 Å². The molecule has 1 fully saturated rings. The van der Waals surface area contributed by atoms with E-state index < -0.39 is 5.97 Å². The quantitative estimate of drug-likeness (QED) is 0.792. The Morgan fingerprint density at radius 2 is 2.40 bits per heavy atom. The van der Waals surface area contributed by atoms with Gasteiger partial charge in [0, 0.05) is 25.1 Å². The number of ether oxygens (including phenoxy) is 2. The minimum atomic E-state index is -0.482. The van der Waals surface area contributed by atoms with E-state index in [1.54, 1.807) is 17.2 Å². The van der Waals surface area contributed by atoms with E-state index in [-0.39, 0.29) is 17.0 Å². The molecule has 0 aromatic carbocycles. The Morgan fingerprint density at radius 3 is 3.15 bits per heavy atom. The van der Waals surface area contributed by atoms with Crippen LogP contribution >= 0.6 is 11.3 Å². The molecule has 1 unspecified atom stereocenters. The van der Waals surface area contributed by atoms with Crippen LogP contribution in [0.5, 0.6) is 0 Å². The normalized spacial score (nSPS) is 19.5. The predicted octanol–water partition coefficient (Wildman–Crippen LogP) is 1.57. The number of esters is 1. The van der Waals surface area contributed by atoms with Crippen molar-refractivity contribution < 1.29 is 19.1 Å².